The minimum absolute atomic E-state index is 0.0635. The fourth-order valence-corrected chi connectivity index (χ4v) is 2.67. The average Bonchev–Trinajstić information content (AvgIpc) is 3.02. The highest BCUT2D eigenvalue weighted by atomic mass is 16.5. The van der Waals surface area contributed by atoms with Gasteiger partial charge < -0.3 is 15.0 Å². The smallest absolute Gasteiger partial charge is 0.272 e. The Hall–Kier alpha value is -2.15. The number of ether oxygens (including phenoxy) is 1. The molecule has 21 heavy (non-hydrogen) atoms. The van der Waals surface area contributed by atoms with Gasteiger partial charge in [0.15, 0.2) is 5.69 Å². The molecule has 1 aliphatic rings. The number of hydrogen-bond donors (Lipinski definition) is 3. The fraction of sp³-hybridized carbons (Fsp3) is 0.500. The number of nitrogens with zero attached hydrogens (tertiary/aromatic N) is 2. The summed E-state index contributed by atoms with van der Waals surface area (Å²) in [5.74, 6) is -0.184. The summed E-state index contributed by atoms with van der Waals surface area (Å²) in [6.07, 6.45) is 2.34. The van der Waals surface area contributed by atoms with Crippen LogP contribution >= 0.6 is 0 Å². The van der Waals surface area contributed by atoms with E-state index < -0.39 is 0 Å². The Morgan fingerprint density at radius 2 is 2.33 bits per heavy atom. The van der Waals surface area contributed by atoms with Crippen LogP contribution < -0.4 is 5.32 Å². The van der Waals surface area contributed by atoms with Crippen molar-refractivity contribution in [2.75, 3.05) is 0 Å². The summed E-state index contributed by atoms with van der Waals surface area (Å²) in [4.78, 5) is 19.5. The molecule has 3 N–H and O–H groups in total. The van der Waals surface area contributed by atoms with Crippen LogP contribution in [0, 0.1) is 6.92 Å². The number of amides is 1. The van der Waals surface area contributed by atoms with Gasteiger partial charge in [0.2, 0.25) is 0 Å². The van der Waals surface area contributed by atoms with Crippen LogP contribution in [0.25, 0.3) is 0 Å². The van der Waals surface area contributed by atoms with Gasteiger partial charge >= 0.3 is 0 Å². The van der Waals surface area contributed by atoms with E-state index in [0.29, 0.717) is 18.7 Å². The highest BCUT2D eigenvalue weighted by Gasteiger charge is 2.29. The van der Waals surface area contributed by atoms with E-state index in [1.807, 2.05) is 20.8 Å². The molecule has 0 spiro atoms. The summed E-state index contributed by atoms with van der Waals surface area (Å²) in [6.45, 7) is 6.27. The van der Waals surface area contributed by atoms with Gasteiger partial charge in [-0.05, 0) is 20.8 Å². The molecule has 0 fully saturated rings. The predicted octanol–water partition coefficient (Wildman–Crippen LogP) is 1.39. The number of carbonyl (C=O) groups is 1. The summed E-state index contributed by atoms with van der Waals surface area (Å²) >= 11 is 0. The molecule has 0 saturated carbocycles. The highest BCUT2D eigenvalue weighted by Crippen LogP contribution is 2.29. The van der Waals surface area contributed by atoms with E-state index in [-0.39, 0.29) is 18.1 Å². The molecule has 0 bridgehead atoms. The second-order valence-corrected chi connectivity index (χ2v) is 5.41. The summed E-state index contributed by atoms with van der Waals surface area (Å²) in [7, 11) is 0. The zero-order valence-corrected chi connectivity index (χ0v) is 12.4. The van der Waals surface area contributed by atoms with E-state index in [0.717, 1.165) is 22.6 Å². The molecule has 0 aromatic carbocycles. The van der Waals surface area contributed by atoms with Crippen molar-refractivity contribution in [3.63, 3.8) is 0 Å². The van der Waals surface area contributed by atoms with Gasteiger partial charge in [0, 0.05) is 17.7 Å². The first kappa shape index (κ1) is 13.8. The van der Waals surface area contributed by atoms with Crippen molar-refractivity contribution in [3.05, 3.63) is 34.7 Å². The van der Waals surface area contributed by atoms with E-state index >= 15 is 0 Å². The number of aryl methyl sites for hydroxylation is 1. The van der Waals surface area contributed by atoms with E-state index in [1.54, 1.807) is 6.33 Å². The normalized spacial score (nSPS) is 21.1. The number of aromatic nitrogens is 4. The molecule has 2 aromatic heterocycles. The Morgan fingerprint density at radius 1 is 1.52 bits per heavy atom. The lowest BCUT2D eigenvalue weighted by Crippen LogP contribution is -2.27. The number of carbonyl (C=O) groups excluding carboxylic acids is 1. The molecule has 7 heteroatoms. The van der Waals surface area contributed by atoms with E-state index in [9.17, 15) is 4.79 Å². The zero-order chi connectivity index (χ0) is 15.0. The lowest BCUT2D eigenvalue weighted by atomic mass is 9.99. The lowest BCUT2D eigenvalue weighted by molar-refractivity contribution is -0.00697. The number of fused-ring (bicyclic) bond motifs is 1. The first-order valence-corrected chi connectivity index (χ1v) is 7.06. The Morgan fingerprint density at radius 3 is 3.05 bits per heavy atom. The molecule has 1 amide bonds. The lowest BCUT2D eigenvalue weighted by Gasteiger charge is -2.25. The minimum Gasteiger partial charge on any atom is -0.369 e. The van der Waals surface area contributed by atoms with Gasteiger partial charge in [-0.25, -0.2) is 4.98 Å². The van der Waals surface area contributed by atoms with Crippen LogP contribution in [0.5, 0.6) is 0 Å². The molecule has 2 aromatic rings. The van der Waals surface area contributed by atoms with Crippen molar-refractivity contribution in [1.82, 2.24) is 25.5 Å². The van der Waals surface area contributed by atoms with Gasteiger partial charge in [-0.1, -0.05) is 0 Å². The van der Waals surface area contributed by atoms with Crippen LogP contribution in [0.3, 0.4) is 0 Å². The Balaban J connectivity index is 1.75. The Kier molecular flexibility index (Phi) is 3.50. The quantitative estimate of drug-likeness (QED) is 0.795. The van der Waals surface area contributed by atoms with Gasteiger partial charge in [-0.15, -0.1) is 0 Å². The number of rotatable bonds is 3. The maximum absolute atomic E-state index is 12.3. The van der Waals surface area contributed by atoms with Crippen molar-refractivity contribution in [1.29, 1.82) is 0 Å². The number of H-pyrrole nitrogens is 2. The summed E-state index contributed by atoms with van der Waals surface area (Å²) < 4.78 is 5.72. The molecule has 7 nitrogen and oxygen atoms in total. The second-order valence-electron chi connectivity index (χ2n) is 5.41. The topological polar surface area (TPSA) is 95.7 Å². The maximum Gasteiger partial charge on any atom is 0.272 e. The van der Waals surface area contributed by atoms with E-state index in [2.05, 4.69) is 25.5 Å². The molecule has 0 radical (unpaired) electrons. The van der Waals surface area contributed by atoms with Crippen molar-refractivity contribution in [2.45, 2.75) is 45.9 Å². The van der Waals surface area contributed by atoms with Crippen LogP contribution in [0.2, 0.25) is 0 Å². The van der Waals surface area contributed by atoms with Crippen molar-refractivity contribution < 1.29 is 9.53 Å². The van der Waals surface area contributed by atoms with Crippen molar-refractivity contribution >= 4 is 5.91 Å². The van der Waals surface area contributed by atoms with Gasteiger partial charge in [0.25, 0.3) is 5.91 Å². The number of aromatic amines is 2. The van der Waals surface area contributed by atoms with Crippen LogP contribution in [0.1, 0.15) is 53.1 Å². The van der Waals surface area contributed by atoms with Gasteiger partial charge in [-0.3, -0.25) is 9.89 Å². The minimum atomic E-state index is -0.184. The standard InChI is InChI=1S/C14H19N5O2/c1-7-4-10-12(9(3)21-7)18-19-13(10)14(20)15-5-11-8(2)16-6-17-11/h6-7,9H,4-5H2,1-3H3,(H,15,20)(H,16,17)(H,18,19)/t7-,9+/m1/s1. The third-order valence-electron chi connectivity index (χ3n) is 3.80. The third kappa shape index (κ3) is 2.56. The van der Waals surface area contributed by atoms with E-state index in [1.165, 1.54) is 0 Å². The average molecular weight is 289 g/mol. The van der Waals surface area contributed by atoms with E-state index in [4.69, 9.17) is 4.74 Å². The molecular formula is C14H19N5O2. The molecule has 0 unspecified atom stereocenters. The van der Waals surface area contributed by atoms with Crippen molar-refractivity contribution in [3.8, 4) is 0 Å². The zero-order valence-electron chi connectivity index (χ0n) is 12.4. The third-order valence-corrected chi connectivity index (χ3v) is 3.80. The van der Waals surface area contributed by atoms with Crippen LogP contribution in [0.15, 0.2) is 6.33 Å². The number of nitrogens with one attached hydrogen (secondary N) is 3. The molecule has 112 valence electrons. The van der Waals surface area contributed by atoms with Gasteiger partial charge in [0.05, 0.1) is 36.5 Å². The van der Waals surface area contributed by atoms with Crippen molar-refractivity contribution in [2.24, 2.45) is 0 Å². The summed E-state index contributed by atoms with van der Waals surface area (Å²) in [5.41, 5.74) is 4.10. The monoisotopic (exact) mass is 289 g/mol. The predicted molar refractivity (Wildman–Crippen MR) is 75.7 cm³/mol. The largest absolute Gasteiger partial charge is 0.369 e. The van der Waals surface area contributed by atoms with Crippen LogP contribution in [-0.4, -0.2) is 32.2 Å². The first-order valence-electron chi connectivity index (χ1n) is 7.06. The molecule has 0 saturated heterocycles. The number of imidazole rings is 1. The van der Waals surface area contributed by atoms with Crippen LogP contribution in [0.4, 0.5) is 0 Å². The van der Waals surface area contributed by atoms with Gasteiger partial charge in [-0.2, -0.15) is 5.10 Å². The summed E-state index contributed by atoms with van der Waals surface area (Å²) in [6, 6.07) is 0. The van der Waals surface area contributed by atoms with Gasteiger partial charge in [0.1, 0.15) is 0 Å². The number of hydrogen-bond acceptors (Lipinski definition) is 4. The SMILES string of the molecule is Cc1[nH]cnc1CNC(=O)c1n[nH]c2c1C[C@@H](C)O[C@H]2C. The highest BCUT2D eigenvalue weighted by molar-refractivity contribution is 5.94. The maximum atomic E-state index is 12.3. The molecular weight excluding hydrogens is 270 g/mol. The molecule has 3 rings (SSSR count). The Bertz CT molecular complexity index is 660. The first-order chi connectivity index (χ1) is 10.1. The second kappa shape index (κ2) is 5.33. The molecule has 2 atom stereocenters. The molecule has 1 aliphatic heterocycles. The van der Waals surface area contributed by atoms with Crippen LogP contribution in [-0.2, 0) is 17.7 Å². The fourth-order valence-electron chi connectivity index (χ4n) is 2.67. The molecule has 0 aliphatic carbocycles. The summed E-state index contributed by atoms with van der Waals surface area (Å²) in [5, 5.41) is 9.95. The Labute approximate surface area is 122 Å². The molecule has 3 heterocycles.